The van der Waals surface area contributed by atoms with Crippen LogP contribution in [0.15, 0.2) is 18.3 Å². The van der Waals surface area contributed by atoms with Crippen molar-refractivity contribution in [1.82, 2.24) is 24.4 Å². The van der Waals surface area contributed by atoms with Gasteiger partial charge in [0.2, 0.25) is 0 Å². The lowest BCUT2D eigenvalue weighted by molar-refractivity contribution is 0.102. The zero-order chi connectivity index (χ0) is 17.3. The molecule has 0 unspecified atom stereocenters. The summed E-state index contributed by atoms with van der Waals surface area (Å²) in [4.78, 5) is 17.1. The van der Waals surface area contributed by atoms with Gasteiger partial charge in [0.25, 0.3) is 5.91 Å². The van der Waals surface area contributed by atoms with Crippen LogP contribution in [0.1, 0.15) is 47.2 Å². The van der Waals surface area contributed by atoms with Crippen LogP contribution in [0.3, 0.4) is 0 Å². The van der Waals surface area contributed by atoms with E-state index >= 15 is 0 Å². The van der Waals surface area contributed by atoms with Gasteiger partial charge in [-0.25, -0.2) is 14.2 Å². The summed E-state index contributed by atoms with van der Waals surface area (Å²) in [7, 11) is 0. The minimum absolute atomic E-state index is 0.235. The monoisotopic (exact) mass is 326 g/mol. The van der Waals surface area contributed by atoms with Crippen LogP contribution in [-0.4, -0.2) is 30.3 Å². The Kier molecular flexibility index (Phi) is 4.33. The molecule has 3 aromatic heterocycles. The molecule has 0 saturated heterocycles. The third kappa shape index (κ3) is 3.02. The maximum Gasteiger partial charge on any atom is 0.275 e. The van der Waals surface area contributed by atoms with E-state index in [2.05, 4.69) is 27.4 Å². The summed E-state index contributed by atoms with van der Waals surface area (Å²) in [6, 6.07) is 3.61. The van der Waals surface area contributed by atoms with E-state index < -0.39 is 0 Å². The molecule has 0 atom stereocenters. The first-order valence-corrected chi connectivity index (χ1v) is 8.17. The van der Waals surface area contributed by atoms with Crippen LogP contribution >= 0.6 is 0 Å². The lowest BCUT2D eigenvalue weighted by Crippen LogP contribution is -2.18. The molecule has 126 valence electrons. The van der Waals surface area contributed by atoms with Gasteiger partial charge in [0.1, 0.15) is 11.5 Å². The van der Waals surface area contributed by atoms with Crippen LogP contribution in [0, 0.1) is 20.8 Å². The van der Waals surface area contributed by atoms with Crippen molar-refractivity contribution in [2.75, 3.05) is 5.32 Å². The number of nitrogens with one attached hydrogen (secondary N) is 1. The predicted molar refractivity (Wildman–Crippen MR) is 92.3 cm³/mol. The summed E-state index contributed by atoms with van der Waals surface area (Å²) in [6.07, 6.45) is 3.86. The quantitative estimate of drug-likeness (QED) is 0.782. The highest BCUT2D eigenvalue weighted by atomic mass is 16.2. The lowest BCUT2D eigenvalue weighted by atomic mass is 10.3. The topological polar surface area (TPSA) is 77.1 Å². The van der Waals surface area contributed by atoms with Crippen molar-refractivity contribution in [2.45, 2.75) is 47.1 Å². The van der Waals surface area contributed by atoms with E-state index in [0.717, 1.165) is 42.2 Å². The van der Waals surface area contributed by atoms with Crippen molar-refractivity contribution >= 4 is 17.4 Å². The first-order valence-electron chi connectivity index (χ1n) is 8.17. The fourth-order valence-corrected chi connectivity index (χ4v) is 2.65. The maximum atomic E-state index is 12.6. The summed E-state index contributed by atoms with van der Waals surface area (Å²) in [5.74, 6) is 0.498. The Morgan fingerprint density at radius 1 is 1.25 bits per heavy atom. The standard InChI is InChI=1S/C17H22N6O/c1-5-6-7-22-16(11(2)10-18-22)20-17(24)14-9-13(4)23-15(19-14)8-12(3)21-23/h8-10H,5-7H2,1-4H3,(H,20,24). The fraction of sp³-hybridized carbons (Fsp3) is 0.412. The van der Waals surface area contributed by atoms with Crippen molar-refractivity contribution in [3.8, 4) is 0 Å². The number of anilines is 1. The van der Waals surface area contributed by atoms with Crippen molar-refractivity contribution in [3.63, 3.8) is 0 Å². The van der Waals surface area contributed by atoms with Gasteiger partial charge in [-0.3, -0.25) is 4.79 Å². The summed E-state index contributed by atoms with van der Waals surface area (Å²) < 4.78 is 3.58. The molecule has 3 heterocycles. The third-order valence-electron chi connectivity index (χ3n) is 3.94. The summed E-state index contributed by atoms with van der Waals surface area (Å²) in [5, 5.41) is 11.6. The highest BCUT2D eigenvalue weighted by molar-refractivity contribution is 6.03. The van der Waals surface area contributed by atoms with E-state index in [0.29, 0.717) is 11.3 Å². The molecule has 0 aliphatic rings. The average molecular weight is 326 g/mol. The van der Waals surface area contributed by atoms with Crippen LogP contribution in [-0.2, 0) is 6.54 Å². The van der Waals surface area contributed by atoms with Gasteiger partial charge in [-0.2, -0.15) is 10.2 Å². The van der Waals surface area contributed by atoms with Gasteiger partial charge in [0.05, 0.1) is 11.9 Å². The Balaban J connectivity index is 1.89. The van der Waals surface area contributed by atoms with E-state index in [1.165, 1.54) is 0 Å². The van der Waals surface area contributed by atoms with E-state index in [-0.39, 0.29) is 5.91 Å². The van der Waals surface area contributed by atoms with Crippen LogP contribution in [0.5, 0.6) is 0 Å². The molecule has 0 saturated carbocycles. The molecule has 0 aromatic carbocycles. The van der Waals surface area contributed by atoms with Gasteiger partial charge in [0, 0.05) is 23.9 Å². The van der Waals surface area contributed by atoms with E-state index in [1.807, 2.05) is 31.5 Å². The van der Waals surface area contributed by atoms with Crippen molar-refractivity contribution < 1.29 is 4.79 Å². The average Bonchev–Trinajstić information content (AvgIpc) is 3.08. The van der Waals surface area contributed by atoms with Crippen molar-refractivity contribution in [3.05, 3.63) is 41.0 Å². The van der Waals surface area contributed by atoms with Gasteiger partial charge < -0.3 is 5.32 Å². The number of hydrogen-bond acceptors (Lipinski definition) is 4. The Morgan fingerprint density at radius 3 is 2.79 bits per heavy atom. The van der Waals surface area contributed by atoms with Crippen LogP contribution in [0.4, 0.5) is 5.82 Å². The first-order chi connectivity index (χ1) is 11.5. The third-order valence-corrected chi connectivity index (χ3v) is 3.94. The van der Waals surface area contributed by atoms with Gasteiger partial charge >= 0.3 is 0 Å². The molecular weight excluding hydrogens is 304 g/mol. The van der Waals surface area contributed by atoms with Crippen LogP contribution in [0.25, 0.3) is 5.65 Å². The maximum absolute atomic E-state index is 12.6. The largest absolute Gasteiger partial charge is 0.305 e. The number of amides is 1. The van der Waals surface area contributed by atoms with E-state index in [1.54, 1.807) is 16.8 Å². The second kappa shape index (κ2) is 6.43. The van der Waals surface area contributed by atoms with Gasteiger partial charge in [-0.15, -0.1) is 0 Å². The minimum Gasteiger partial charge on any atom is -0.305 e. The molecular formula is C17H22N6O. The molecule has 0 aliphatic carbocycles. The summed E-state index contributed by atoms with van der Waals surface area (Å²) >= 11 is 0. The van der Waals surface area contributed by atoms with Crippen molar-refractivity contribution in [2.24, 2.45) is 0 Å². The molecule has 0 bridgehead atoms. The highest BCUT2D eigenvalue weighted by Crippen LogP contribution is 2.17. The Morgan fingerprint density at radius 2 is 2.04 bits per heavy atom. The smallest absolute Gasteiger partial charge is 0.275 e. The molecule has 0 radical (unpaired) electrons. The number of aromatic nitrogens is 5. The van der Waals surface area contributed by atoms with Gasteiger partial charge in [0.15, 0.2) is 5.65 Å². The van der Waals surface area contributed by atoms with E-state index in [4.69, 9.17) is 0 Å². The molecule has 3 aromatic rings. The Labute approximate surface area is 140 Å². The molecule has 0 aliphatic heterocycles. The number of rotatable bonds is 5. The number of unbranched alkanes of at least 4 members (excludes halogenated alkanes) is 1. The first kappa shape index (κ1) is 16.2. The summed E-state index contributed by atoms with van der Waals surface area (Å²) in [5.41, 5.74) is 3.74. The van der Waals surface area contributed by atoms with Gasteiger partial charge in [-0.1, -0.05) is 13.3 Å². The second-order valence-electron chi connectivity index (χ2n) is 6.05. The number of nitrogens with zero attached hydrogens (tertiary/aromatic N) is 5. The molecule has 1 N–H and O–H groups in total. The number of fused-ring (bicyclic) bond motifs is 1. The minimum atomic E-state index is -0.235. The zero-order valence-corrected chi connectivity index (χ0v) is 14.5. The lowest BCUT2D eigenvalue weighted by Gasteiger charge is -2.10. The molecule has 7 nitrogen and oxygen atoms in total. The second-order valence-corrected chi connectivity index (χ2v) is 6.05. The van der Waals surface area contributed by atoms with Crippen LogP contribution in [0.2, 0.25) is 0 Å². The molecule has 24 heavy (non-hydrogen) atoms. The van der Waals surface area contributed by atoms with E-state index in [9.17, 15) is 4.79 Å². The summed E-state index contributed by atoms with van der Waals surface area (Å²) in [6.45, 7) is 8.67. The Bertz CT molecular complexity index is 892. The number of carbonyl (C=O) groups excluding carboxylic acids is 1. The molecule has 7 heteroatoms. The number of hydrogen-bond donors (Lipinski definition) is 1. The van der Waals surface area contributed by atoms with Crippen molar-refractivity contribution in [1.29, 1.82) is 0 Å². The number of carbonyl (C=O) groups is 1. The molecule has 3 rings (SSSR count). The predicted octanol–water partition coefficient (Wildman–Crippen LogP) is 2.90. The molecule has 0 fully saturated rings. The molecule has 1 amide bonds. The zero-order valence-electron chi connectivity index (χ0n) is 14.5. The normalized spacial score (nSPS) is 11.2. The van der Waals surface area contributed by atoms with Gasteiger partial charge in [-0.05, 0) is 33.3 Å². The fourth-order valence-electron chi connectivity index (χ4n) is 2.65. The SMILES string of the molecule is CCCCn1ncc(C)c1NC(=O)c1cc(C)n2nc(C)cc2n1. The van der Waals surface area contributed by atoms with Crippen LogP contribution < -0.4 is 5.32 Å². The Hall–Kier alpha value is -2.70. The molecule has 0 spiro atoms. The number of aryl methyl sites for hydroxylation is 4. The highest BCUT2D eigenvalue weighted by Gasteiger charge is 2.15.